The zero-order chi connectivity index (χ0) is 14.2. The minimum atomic E-state index is 0.919. The Morgan fingerprint density at radius 2 is 1.42 bits per heavy atom. The van der Waals surface area contributed by atoms with E-state index >= 15 is 0 Å². The van der Waals surface area contributed by atoms with E-state index in [1.165, 1.54) is 70.6 Å². The van der Waals surface area contributed by atoms with E-state index < -0.39 is 0 Å². The molecule has 0 aliphatic heterocycles. The predicted molar refractivity (Wildman–Crippen MR) is 86.6 cm³/mol. The molecule has 0 aromatic carbocycles. The molecule has 1 nitrogen and oxygen atoms in total. The van der Waals surface area contributed by atoms with Crippen molar-refractivity contribution in [3.63, 3.8) is 0 Å². The molecule has 0 saturated carbocycles. The van der Waals surface area contributed by atoms with Crippen LogP contribution in [0, 0.1) is 5.92 Å². The van der Waals surface area contributed by atoms with Crippen molar-refractivity contribution in [2.24, 2.45) is 5.92 Å². The van der Waals surface area contributed by atoms with Crippen molar-refractivity contribution in [3.8, 4) is 0 Å². The Labute approximate surface area is 121 Å². The van der Waals surface area contributed by atoms with E-state index in [0.29, 0.717) is 0 Å². The van der Waals surface area contributed by atoms with Gasteiger partial charge in [-0.1, -0.05) is 64.5 Å². The van der Waals surface area contributed by atoms with E-state index in [0.717, 1.165) is 12.5 Å². The van der Waals surface area contributed by atoms with Crippen LogP contribution in [0.15, 0.2) is 12.2 Å². The summed E-state index contributed by atoms with van der Waals surface area (Å²) in [6, 6.07) is 0. The summed E-state index contributed by atoms with van der Waals surface area (Å²) in [7, 11) is 1.79. The lowest BCUT2D eigenvalue weighted by Crippen LogP contribution is -1.90. The van der Waals surface area contributed by atoms with Gasteiger partial charge in [-0.2, -0.15) is 0 Å². The lowest BCUT2D eigenvalue weighted by Gasteiger charge is -2.06. The fraction of sp³-hybridized carbons (Fsp3) is 0.889. The van der Waals surface area contributed by atoms with E-state index in [1.807, 2.05) is 0 Å². The monoisotopic (exact) mass is 268 g/mol. The second-order valence-corrected chi connectivity index (χ2v) is 5.82. The van der Waals surface area contributed by atoms with Gasteiger partial charge < -0.3 is 4.74 Å². The first-order valence-electron chi connectivity index (χ1n) is 8.45. The molecule has 1 heteroatoms. The van der Waals surface area contributed by atoms with Crippen LogP contribution in [0.2, 0.25) is 0 Å². The molecule has 0 amide bonds. The quantitative estimate of drug-likeness (QED) is 0.272. The standard InChI is InChI=1S/C18H36O/c1-4-18(2)16-14-12-10-8-6-5-7-9-11-13-15-17-19-3/h6,8,18H,4-5,7,9-17H2,1-3H3/b8-6+/t18-/m1/s1. The van der Waals surface area contributed by atoms with Crippen molar-refractivity contribution >= 4 is 0 Å². The summed E-state index contributed by atoms with van der Waals surface area (Å²) in [6.07, 6.45) is 19.5. The number of hydrogen-bond donors (Lipinski definition) is 0. The fourth-order valence-electron chi connectivity index (χ4n) is 2.23. The summed E-state index contributed by atoms with van der Waals surface area (Å²) in [6.45, 7) is 5.58. The first-order chi connectivity index (χ1) is 9.31. The molecule has 114 valence electrons. The number of rotatable bonds is 14. The van der Waals surface area contributed by atoms with E-state index in [-0.39, 0.29) is 0 Å². The first kappa shape index (κ1) is 18.7. The van der Waals surface area contributed by atoms with Gasteiger partial charge in [-0.15, -0.1) is 0 Å². The maximum Gasteiger partial charge on any atom is 0.0462 e. The van der Waals surface area contributed by atoms with Crippen LogP contribution in [0.25, 0.3) is 0 Å². The maximum absolute atomic E-state index is 5.04. The third kappa shape index (κ3) is 15.6. The predicted octanol–water partition coefficient (Wildman–Crippen LogP) is 6.14. The molecule has 0 aromatic rings. The number of allylic oxidation sites excluding steroid dienone is 2. The molecule has 0 aliphatic carbocycles. The van der Waals surface area contributed by atoms with Crippen molar-refractivity contribution in [1.29, 1.82) is 0 Å². The number of unbranched alkanes of at least 4 members (excludes halogenated alkanes) is 7. The van der Waals surface area contributed by atoms with Crippen molar-refractivity contribution in [2.75, 3.05) is 13.7 Å². The van der Waals surface area contributed by atoms with E-state index in [2.05, 4.69) is 26.0 Å². The highest BCUT2D eigenvalue weighted by atomic mass is 16.5. The molecular weight excluding hydrogens is 232 g/mol. The largest absolute Gasteiger partial charge is 0.385 e. The average Bonchev–Trinajstić information content (AvgIpc) is 2.43. The Balaban J connectivity index is 3.09. The van der Waals surface area contributed by atoms with Gasteiger partial charge in [0, 0.05) is 13.7 Å². The van der Waals surface area contributed by atoms with Crippen LogP contribution < -0.4 is 0 Å². The SMILES string of the molecule is CC[C@@H](C)CCCC/C=C/CCCCCCCOC. The number of hydrogen-bond acceptors (Lipinski definition) is 1. The summed E-state index contributed by atoms with van der Waals surface area (Å²) < 4.78 is 5.04. The smallest absolute Gasteiger partial charge is 0.0462 e. The van der Waals surface area contributed by atoms with Gasteiger partial charge in [0.1, 0.15) is 0 Å². The maximum atomic E-state index is 5.04. The highest BCUT2D eigenvalue weighted by molar-refractivity contribution is 4.81. The van der Waals surface area contributed by atoms with Gasteiger partial charge in [-0.3, -0.25) is 0 Å². The Bertz CT molecular complexity index is 186. The molecule has 0 radical (unpaired) electrons. The molecule has 0 rings (SSSR count). The molecule has 0 aliphatic rings. The van der Waals surface area contributed by atoms with Crippen molar-refractivity contribution < 1.29 is 4.74 Å². The highest BCUT2D eigenvalue weighted by Gasteiger charge is 1.96. The lowest BCUT2D eigenvalue weighted by molar-refractivity contribution is 0.192. The van der Waals surface area contributed by atoms with Gasteiger partial charge in [0.15, 0.2) is 0 Å². The third-order valence-corrected chi connectivity index (χ3v) is 3.90. The third-order valence-electron chi connectivity index (χ3n) is 3.90. The summed E-state index contributed by atoms with van der Waals surface area (Å²) in [5, 5.41) is 0. The second-order valence-electron chi connectivity index (χ2n) is 5.82. The Morgan fingerprint density at radius 1 is 0.842 bits per heavy atom. The van der Waals surface area contributed by atoms with Gasteiger partial charge in [0.25, 0.3) is 0 Å². The number of methoxy groups -OCH3 is 1. The van der Waals surface area contributed by atoms with Gasteiger partial charge in [0.05, 0.1) is 0 Å². The normalized spacial score (nSPS) is 13.2. The highest BCUT2D eigenvalue weighted by Crippen LogP contribution is 2.12. The molecule has 0 N–H and O–H groups in total. The molecule has 0 bridgehead atoms. The van der Waals surface area contributed by atoms with Gasteiger partial charge >= 0.3 is 0 Å². The van der Waals surface area contributed by atoms with E-state index in [4.69, 9.17) is 4.74 Å². The molecule has 0 aromatic heterocycles. The summed E-state index contributed by atoms with van der Waals surface area (Å²) >= 11 is 0. The fourth-order valence-corrected chi connectivity index (χ4v) is 2.23. The summed E-state index contributed by atoms with van der Waals surface area (Å²) in [5.41, 5.74) is 0. The number of ether oxygens (including phenoxy) is 1. The molecular formula is C18H36O. The summed E-state index contributed by atoms with van der Waals surface area (Å²) in [4.78, 5) is 0. The molecule has 1 atom stereocenters. The minimum absolute atomic E-state index is 0.919. The van der Waals surface area contributed by atoms with Crippen molar-refractivity contribution in [3.05, 3.63) is 12.2 Å². The molecule has 0 fully saturated rings. The topological polar surface area (TPSA) is 9.23 Å². The van der Waals surface area contributed by atoms with Crippen molar-refractivity contribution in [1.82, 2.24) is 0 Å². The average molecular weight is 268 g/mol. The molecule has 0 saturated heterocycles. The molecule has 0 unspecified atom stereocenters. The van der Waals surface area contributed by atoms with E-state index in [9.17, 15) is 0 Å². The Hall–Kier alpha value is -0.300. The molecule has 19 heavy (non-hydrogen) atoms. The van der Waals surface area contributed by atoms with Crippen molar-refractivity contribution in [2.45, 2.75) is 84.5 Å². The van der Waals surface area contributed by atoms with Gasteiger partial charge in [-0.05, 0) is 38.0 Å². The zero-order valence-corrected chi connectivity index (χ0v) is 13.6. The Morgan fingerprint density at radius 3 is 2.05 bits per heavy atom. The first-order valence-corrected chi connectivity index (χ1v) is 8.45. The lowest BCUT2D eigenvalue weighted by atomic mass is 10.0. The van der Waals surface area contributed by atoms with Gasteiger partial charge in [-0.25, -0.2) is 0 Å². The Kier molecular flexibility index (Phi) is 15.5. The van der Waals surface area contributed by atoms with Crippen LogP contribution in [-0.4, -0.2) is 13.7 Å². The minimum Gasteiger partial charge on any atom is -0.385 e. The van der Waals surface area contributed by atoms with Crippen LogP contribution in [0.5, 0.6) is 0 Å². The van der Waals surface area contributed by atoms with Gasteiger partial charge in [0.2, 0.25) is 0 Å². The van der Waals surface area contributed by atoms with Crippen LogP contribution in [0.1, 0.15) is 84.5 Å². The van der Waals surface area contributed by atoms with Crippen LogP contribution >= 0.6 is 0 Å². The zero-order valence-electron chi connectivity index (χ0n) is 13.6. The molecule has 0 spiro atoms. The second kappa shape index (κ2) is 15.8. The van der Waals surface area contributed by atoms with Crippen LogP contribution in [0.4, 0.5) is 0 Å². The summed E-state index contributed by atoms with van der Waals surface area (Å²) in [5.74, 6) is 0.919. The van der Waals surface area contributed by atoms with Crippen LogP contribution in [0.3, 0.4) is 0 Å². The van der Waals surface area contributed by atoms with Crippen LogP contribution in [-0.2, 0) is 4.74 Å². The molecule has 0 heterocycles. The van der Waals surface area contributed by atoms with E-state index in [1.54, 1.807) is 7.11 Å².